The number of aliphatic carboxylic acids is 1. The first-order valence-corrected chi connectivity index (χ1v) is 15.2. The molecule has 3 rings (SSSR count). The molecule has 0 unspecified atom stereocenters. The SMILES string of the molecule is NC(=O)CC[C@H](CC(=O)[C@H](Cc1ccc2ccccc2c1)NC(=O)[C@@H]1CCCCN1C(=O)[C@@H](CC(=O)O)NC(=O)CCl)C(N)=O. The van der Waals surface area contributed by atoms with E-state index < -0.39 is 77.6 Å². The van der Waals surface area contributed by atoms with Crippen molar-refractivity contribution in [2.75, 3.05) is 12.4 Å². The Labute approximate surface area is 265 Å². The molecule has 1 aliphatic rings. The second-order valence-electron chi connectivity index (χ2n) is 11.1. The van der Waals surface area contributed by atoms with Crippen LogP contribution in [-0.2, 0) is 40.0 Å². The summed E-state index contributed by atoms with van der Waals surface area (Å²) in [5.41, 5.74) is 11.5. The molecule has 0 aliphatic carbocycles. The predicted octanol–water partition coefficient (Wildman–Crippen LogP) is 0.773. The maximum absolute atomic E-state index is 13.8. The van der Waals surface area contributed by atoms with E-state index in [1.807, 2.05) is 42.5 Å². The number of rotatable bonds is 16. The molecule has 1 fully saturated rings. The van der Waals surface area contributed by atoms with E-state index in [1.165, 1.54) is 4.90 Å². The molecule has 0 aromatic heterocycles. The van der Waals surface area contributed by atoms with Crippen LogP contribution in [0.3, 0.4) is 0 Å². The van der Waals surface area contributed by atoms with Gasteiger partial charge in [0.1, 0.15) is 18.0 Å². The number of halogens is 1. The Morgan fingerprint density at radius 3 is 2.29 bits per heavy atom. The van der Waals surface area contributed by atoms with Crippen LogP contribution in [-0.4, -0.2) is 81.8 Å². The normalized spacial score (nSPS) is 16.6. The van der Waals surface area contributed by atoms with Crippen molar-refractivity contribution in [1.82, 2.24) is 15.5 Å². The van der Waals surface area contributed by atoms with E-state index in [0.717, 1.165) is 16.3 Å². The number of amides is 5. The van der Waals surface area contributed by atoms with E-state index in [-0.39, 0.29) is 38.6 Å². The van der Waals surface area contributed by atoms with Crippen molar-refractivity contribution < 1.29 is 38.7 Å². The highest BCUT2D eigenvalue weighted by atomic mass is 35.5. The fourth-order valence-electron chi connectivity index (χ4n) is 5.44. The number of fused-ring (bicyclic) bond motifs is 1. The Balaban J connectivity index is 1.88. The van der Waals surface area contributed by atoms with Gasteiger partial charge >= 0.3 is 5.97 Å². The van der Waals surface area contributed by atoms with Crippen molar-refractivity contribution in [2.45, 2.75) is 69.5 Å². The topological polar surface area (TPSA) is 219 Å². The zero-order chi connectivity index (χ0) is 33.1. The minimum Gasteiger partial charge on any atom is -0.481 e. The van der Waals surface area contributed by atoms with E-state index in [1.54, 1.807) is 0 Å². The molecular weight excluding hydrogens is 606 g/mol. The smallest absolute Gasteiger partial charge is 0.305 e. The number of Topliss-reactive ketones (excluding diaryl/α,β-unsaturated/α-hetero) is 1. The van der Waals surface area contributed by atoms with E-state index in [2.05, 4.69) is 10.6 Å². The number of primary amides is 2. The van der Waals surface area contributed by atoms with Gasteiger partial charge in [-0.05, 0) is 48.4 Å². The van der Waals surface area contributed by atoms with Crippen molar-refractivity contribution in [3.05, 3.63) is 48.0 Å². The number of carboxylic acids is 1. The summed E-state index contributed by atoms with van der Waals surface area (Å²) in [5.74, 6) is -6.89. The van der Waals surface area contributed by atoms with Crippen molar-refractivity contribution in [3.63, 3.8) is 0 Å². The van der Waals surface area contributed by atoms with Gasteiger partial charge in [-0.2, -0.15) is 0 Å². The van der Waals surface area contributed by atoms with Gasteiger partial charge in [0.15, 0.2) is 5.78 Å². The van der Waals surface area contributed by atoms with E-state index in [0.29, 0.717) is 12.8 Å². The van der Waals surface area contributed by atoms with E-state index >= 15 is 0 Å². The molecule has 0 bridgehead atoms. The zero-order valence-corrected chi connectivity index (χ0v) is 25.5. The number of nitrogens with two attached hydrogens (primary N) is 2. The van der Waals surface area contributed by atoms with Crippen LogP contribution in [0.5, 0.6) is 0 Å². The summed E-state index contributed by atoms with van der Waals surface area (Å²) in [5, 5.41) is 16.3. The first-order valence-electron chi connectivity index (χ1n) is 14.7. The Morgan fingerprint density at radius 2 is 1.64 bits per heavy atom. The van der Waals surface area contributed by atoms with Gasteiger partial charge in [-0.15, -0.1) is 11.6 Å². The lowest BCUT2D eigenvalue weighted by molar-refractivity contribution is -0.148. The molecule has 0 saturated carbocycles. The molecule has 1 saturated heterocycles. The number of hydrogen-bond acceptors (Lipinski definition) is 7. The first kappa shape index (κ1) is 35.0. The highest BCUT2D eigenvalue weighted by Gasteiger charge is 2.38. The number of hydrogen-bond donors (Lipinski definition) is 5. The van der Waals surface area contributed by atoms with Crippen LogP contribution < -0.4 is 22.1 Å². The fourth-order valence-corrected chi connectivity index (χ4v) is 5.51. The van der Waals surface area contributed by atoms with Gasteiger partial charge in [0.25, 0.3) is 0 Å². The number of ketones is 1. The number of carbonyl (C=O) groups is 7. The number of carboxylic acid groups (broad SMARTS) is 1. The van der Waals surface area contributed by atoms with Crippen LogP contribution >= 0.6 is 11.6 Å². The summed E-state index contributed by atoms with van der Waals surface area (Å²) in [6.07, 6.45) is 0.175. The molecular formula is C31H38ClN5O8. The minimum atomic E-state index is -1.45. The second-order valence-corrected chi connectivity index (χ2v) is 11.4. The standard InChI is InChI=1S/C31H38ClN5O8/c32-17-27(40)35-23(16-28(41)42)31(45)37-12-4-3-7-24(37)30(44)36-22(25(38)15-21(29(34)43)10-11-26(33)39)14-18-8-9-19-5-1-2-6-20(19)13-18/h1-2,5-6,8-9,13,21-24H,3-4,7,10-12,14-17H2,(H2,33,39)(H2,34,43)(H,35,40)(H,36,44)(H,41,42)/t21-,22+,23-,24+/m1/s1. The molecule has 242 valence electrons. The van der Waals surface area contributed by atoms with Crippen LogP contribution in [0.15, 0.2) is 42.5 Å². The zero-order valence-electron chi connectivity index (χ0n) is 24.7. The molecule has 4 atom stereocenters. The fraction of sp³-hybridized carbons (Fsp3) is 0.452. The molecule has 2 aromatic rings. The number of piperidine rings is 1. The number of likely N-dealkylation sites (tertiary alicyclic amines) is 1. The van der Waals surface area contributed by atoms with Gasteiger partial charge in [-0.25, -0.2) is 0 Å². The third kappa shape index (κ3) is 10.3. The maximum Gasteiger partial charge on any atom is 0.305 e. The maximum atomic E-state index is 13.8. The quantitative estimate of drug-likeness (QED) is 0.164. The molecule has 1 heterocycles. The highest BCUT2D eigenvalue weighted by molar-refractivity contribution is 6.27. The lowest BCUT2D eigenvalue weighted by Crippen LogP contribution is -2.59. The van der Waals surface area contributed by atoms with Crippen LogP contribution in [0.2, 0.25) is 0 Å². The number of alkyl halides is 1. The summed E-state index contributed by atoms with van der Waals surface area (Å²) < 4.78 is 0. The van der Waals surface area contributed by atoms with E-state index in [9.17, 15) is 38.7 Å². The number of nitrogens with zero attached hydrogens (tertiary/aromatic N) is 1. The molecule has 0 spiro atoms. The Kier molecular flexibility index (Phi) is 12.8. The lowest BCUT2D eigenvalue weighted by atomic mass is 9.90. The number of nitrogens with one attached hydrogen (secondary N) is 2. The summed E-state index contributed by atoms with van der Waals surface area (Å²) in [7, 11) is 0. The highest BCUT2D eigenvalue weighted by Crippen LogP contribution is 2.22. The minimum absolute atomic E-state index is 0.0308. The molecule has 13 nitrogen and oxygen atoms in total. The summed E-state index contributed by atoms with van der Waals surface area (Å²) in [4.78, 5) is 88.9. The largest absolute Gasteiger partial charge is 0.481 e. The van der Waals surface area contributed by atoms with Gasteiger partial charge < -0.3 is 32.1 Å². The average Bonchev–Trinajstić information content (AvgIpc) is 3.01. The molecule has 2 aromatic carbocycles. The molecule has 5 amide bonds. The van der Waals surface area contributed by atoms with Gasteiger partial charge in [0, 0.05) is 25.3 Å². The van der Waals surface area contributed by atoms with Gasteiger partial charge in [-0.1, -0.05) is 42.5 Å². The third-order valence-corrected chi connectivity index (χ3v) is 8.01. The summed E-state index contributed by atoms with van der Waals surface area (Å²) in [6, 6.07) is 9.56. The van der Waals surface area contributed by atoms with Crippen molar-refractivity contribution >= 4 is 63.7 Å². The second kappa shape index (κ2) is 16.5. The van der Waals surface area contributed by atoms with Crippen LogP contribution in [0.1, 0.15) is 50.5 Å². The van der Waals surface area contributed by atoms with Crippen molar-refractivity contribution in [2.24, 2.45) is 17.4 Å². The first-order chi connectivity index (χ1) is 21.4. The van der Waals surface area contributed by atoms with Gasteiger partial charge in [-0.3, -0.25) is 33.6 Å². The van der Waals surface area contributed by atoms with Gasteiger partial charge in [0.2, 0.25) is 29.5 Å². The molecule has 7 N–H and O–H groups in total. The Bertz CT molecular complexity index is 1450. The Hall–Kier alpha value is -4.52. The van der Waals surface area contributed by atoms with Crippen molar-refractivity contribution in [1.29, 1.82) is 0 Å². The average molecular weight is 644 g/mol. The number of benzene rings is 2. The summed E-state index contributed by atoms with van der Waals surface area (Å²) in [6.45, 7) is 0.129. The number of carbonyl (C=O) groups excluding carboxylic acids is 6. The van der Waals surface area contributed by atoms with E-state index in [4.69, 9.17) is 23.1 Å². The predicted molar refractivity (Wildman–Crippen MR) is 165 cm³/mol. The molecule has 1 aliphatic heterocycles. The lowest BCUT2D eigenvalue weighted by Gasteiger charge is -2.37. The molecule has 14 heteroatoms. The summed E-state index contributed by atoms with van der Waals surface area (Å²) >= 11 is 5.55. The molecule has 0 radical (unpaired) electrons. The van der Waals surface area contributed by atoms with Crippen LogP contribution in [0, 0.1) is 5.92 Å². The third-order valence-electron chi connectivity index (χ3n) is 7.77. The van der Waals surface area contributed by atoms with Crippen LogP contribution in [0.4, 0.5) is 0 Å². The monoisotopic (exact) mass is 643 g/mol. The Morgan fingerprint density at radius 1 is 0.933 bits per heavy atom. The van der Waals surface area contributed by atoms with Gasteiger partial charge in [0.05, 0.1) is 12.5 Å². The van der Waals surface area contributed by atoms with Crippen LogP contribution in [0.25, 0.3) is 10.8 Å². The molecule has 45 heavy (non-hydrogen) atoms. The van der Waals surface area contributed by atoms with Crippen molar-refractivity contribution in [3.8, 4) is 0 Å².